The zero-order chi connectivity index (χ0) is 18.1. The molecular weight excluding hydrogens is 330 g/mol. The highest BCUT2D eigenvalue weighted by atomic mass is 16.2. The van der Waals surface area contributed by atoms with E-state index in [0.29, 0.717) is 18.3 Å². The molecule has 4 rings (SSSR count). The van der Waals surface area contributed by atoms with Gasteiger partial charge >= 0.3 is 0 Å². The molecule has 0 unspecified atom stereocenters. The first-order valence-corrected chi connectivity index (χ1v) is 8.55. The molecule has 1 aromatic carbocycles. The summed E-state index contributed by atoms with van der Waals surface area (Å²) in [6.45, 7) is 0.357. The summed E-state index contributed by atoms with van der Waals surface area (Å²) in [5.74, 6) is 0.667. The number of nitrogens with zero attached hydrogens (tertiary/aromatic N) is 4. The van der Waals surface area contributed by atoms with Crippen molar-refractivity contribution in [2.24, 2.45) is 0 Å². The number of hydrogen-bond acceptors (Lipinski definition) is 4. The van der Waals surface area contributed by atoms with Gasteiger partial charge in [-0.15, -0.1) is 0 Å². The summed E-state index contributed by atoms with van der Waals surface area (Å²) < 4.78 is 1.76. The minimum atomic E-state index is -0.376. The molecule has 1 aliphatic carbocycles. The Kier molecular flexibility index (Phi) is 4.12. The molecule has 7 nitrogen and oxygen atoms in total. The quantitative estimate of drug-likeness (QED) is 0.764. The average Bonchev–Trinajstić information content (AvgIpc) is 3.41. The van der Waals surface area contributed by atoms with Crippen molar-refractivity contribution in [3.05, 3.63) is 76.2 Å². The Morgan fingerprint density at radius 3 is 2.73 bits per heavy atom. The molecule has 3 aromatic rings. The van der Waals surface area contributed by atoms with Crippen molar-refractivity contribution >= 4 is 5.91 Å². The highest BCUT2D eigenvalue weighted by Gasteiger charge is 2.27. The average molecular weight is 349 g/mol. The molecule has 26 heavy (non-hydrogen) atoms. The molecule has 7 heteroatoms. The van der Waals surface area contributed by atoms with Crippen LogP contribution in [0.25, 0.3) is 5.69 Å². The lowest BCUT2D eigenvalue weighted by atomic mass is 10.2. The van der Waals surface area contributed by atoms with Gasteiger partial charge in [0.2, 0.25) is 0 Å². The van der Waals surface area contributed by atoms with Crippen LogP contribution < -0.4 is 5.56 Å². The van der Waals surface area contributed by atoms with Crippen LogP contribution in [0.3, 0.4) is 0 Å². The molecule has 0 atom stereocenters. The van der Waals surface area contributed by atoms with Crippen molar-refractivity contribution in [1.82, 2.24) is 24.6 Å². The molecule has 1 fully saturated rings. The number of rotatable bonds is 5. The van der Waals surface area contributed by atoms with Crippen LogP contribution in [-0.2, 0) is 6.54 Å². The second-order valence-corrected chi connectivity index (χ2v) is 6.58. The van der Waals surface area contributed by atoms with E-state index in [1.165, 1.54) is 11.1 Å². The van der Waals surface area contributed by atoms with E-state index in [-0.39, 0.29) is 17.0 Å². The van der Waals surface area contributed by atoms with E-state index in [1.54, 1.807) is 17.9 Å². The minimum Gasteiger partial charge on any atom is -0.337 e. The Bertz CT molecular complexity index is 988. The zero-order valence-electron chi connectivity index (χ0n) is 14.4. The minimum absolute atomic E-state index is 0.0624. The third kappa shape index (κ3) is 3.28. The van der Waals surface area contributed by atoms with Crippen LogP contribution in [0.2, 0.25) is 0 Å². The normalized spacial score (nSPS) is 13.6. The number of amides is 1. The molecule has 0 saturated heterocycles. The SMILES string of the molecule is CN(Cc1cnn(-c2ccccc2)c1)C(=O)c1cnc(C2CC2)[nH]c1=O. The van der Waals surface area contributed by atoms with E-state index in [9.17, 15) is 9.59 Å². The van der Waals surface area contributed by atoms with Gasteiger partial charge in [-0.2, -0.15) is 5.10 Å². The van der Waals surface area contributed by atoms with E-state index >= 15 is 0 Å². The van der Waals surface area contributed by atoms with Crippen LogP contribution in [0.1, 0.15) is 40.5 Å². The standard InChI is InChI=1S/C19H19N5O2/c1-23(11-13-9-21-24(12-13)15-5-3-2-4-6-15)19(26)16-10-20-17(14-7-8-14)22-18(16)25/h2-6,9-10,12,14H,7-8,11H2,1H3,(H,20,22,25). The number of H-pyrrole nitrogens is 1. The van der Waals surface area contributed by atoms with Crippen molar-refractivity contribution in [2.75, 3.05) is 7.05 Å². The van der Waals surface area contributed by atoms with Crippen molar-refractivity contribution in [3.63, 3.8) is 0 Å². The van der Waals surface area contributed by atoms with Gasteiger partial charge in [0.1, 0.15) is 11.4 Å². The molecule has 0 bridgehead atoms. The molecular formula is C19H19N5O2. The first-order valence-electron chi connectivity index (χ1n) is 8.55. The molecule has 132 valence electrons. The number of hydrogen-bond donors (Lipinski definition) is 1. The first-order chi connectivity index (χ1) is 12.6. The number of aromatic amines is 1. The Morgan fingerprint density at radius 2 is 2.04 bits per heavy atom. The summed E-state index contributed by atoms with van der Waals surface area (Å²) in [6, 6.07) is 9.74. The van der Waals surface area contributed by atoms with E-state index in [2.05, 4.69) is 15.1 Å². The molecule has 2 aromatic heterocycles. The third-order valence-corrected chi connectivity index (χ3v) is 4.44. The van der Waals surface area contributed by atoms with Gasteiger partial charge in [-0.25, -0.2) is 9.67 Å². The summed E-state index contributed by atoms with van der Waals surface area (Å²) >= 11 is 0. The second-order valence-electron chi connectivity index (χ2n) is 6.58. The molecule has 1 saturated carbocycles. The maximum absolute atomic E-state index is 12.6. The van der Waals surface area contributed by atoms with Gasteiger partial charge in [-0.05, 0) is 25.0 Å². The largest absolute Gasteiger partial charge is 0.337 e. The molecule has 1 N–H and O–H groups in total. The van der Waals surface area contributed by atoms with Gasteiger partial charge in [0, 0.05) is 37.5 Å². The summed E-state index contributed by atoms with van der Waals surface area (Å²) in [6.07, 6.45) is 7.06. The Balaban J connectivity index is 1.48. The fourth-order valence-corrected chi connectivity index (χ4v) is 2.84. The highest BCUT2D eigenvalue weighted by Crippen LogP contribution is 2.37. The summed E-state index contributed by atoms with van der Waals surface area (Å²) in [4.78, 5) is 33.2. The van der Waals surface area contributed by atoms with Crippen LogP contribution >= 0.6 is 0 Å². The molecule has 0 aliphatic heterocycles. The van der Waals surface area contributed by atoms with E-state index < -0.39 is 0 Å². The number of carbonyl (C=O) groups excluding carboxylic acids is 1. The van der Waals surface area contributed by atoms with Crippen LogP contribution in [-0.4, -0.2) is 37.6 Å². The van der Waals surface area contributed by atoms with Crippen molar-refractivity contribution in [3.8, 4) is 5.69 Å². The molecule has 2 heterocycles. The van der Waals surface area contributed by atoms with Gasteiger partial charge in [0.15, 0.2) is 0 Å². The third-order valence-electron chi connectivity index (χ3n) is 4.44. The number of benzene rings is 1. The summed E-state index contributed by atoms with van der Waals surface area (Å²) in [7, 11) is 1.66. The summed E-state index contributed by atoms with van der Waals surface area (Å²) in [5.41, 5.74) is 1.51. The van der Waals surface area contributed by atoms with Crippen LogP contribution in [0.5, 0.6) is 0 Å². The fraction of sp³-hybridized carbons (Fsp3) is 0.263. The van der Waals surface area contributed by atoms with Crippen LogP contribution in [0, 0.1) is 0 Å². The number of nitrogens with one attached hydrogen (secondary N) is 1. The number of para-hydroxylation sites is 1. The van der Waals surface area contributed by atoms with Gasteiger partial charge in [-0.1, -0.05) is 18.2 Å². The van der Waals surface area contributed by atoms with E-state index in [1.807, 2.05) is 36.5 Å². The fourth-order valence-electron chi connectivity index (χ4n) is 2.84. The Hall–Kier alpha value is -3.22. The van der Waals surface area contributed by atoms with Gasteiger partial charge in [0.05, 0.1) is 11.9 Å². The molecule has 1 aliphatic rings. The van der Waals surface area contributed by atoms with Crippen molar-refractivity contribution < 1.29 is 4.79 Å². The second kappa shape index (κ2) is 6.59. The Labute approximate surface area is 150 Å². The monoisotopic (exact) mass is 349 g/mol. The van der Waals surface area contributed by atoms with Crippen molar-refractivity contribution in [1.29, 1.82) is 0 Å². The first kappa shape index (κ1) is 16.3. The molecule has 0 radical (unpaired) electrons. The smallest absolute Gasteiger partial charge is 0.263 e. The lowest BCUT2D eigenvalue weighted by molar-refractivity contribution is 0.0782. The molecule has 0 spiro atoms. The van der Waals surface area contributed by atoms with Crippen molar-refractivity contribution in [2.45, 2.75) is 25.3 Å². The predicted octanol–water partition coefficient (Wildman–Crippen LogP) is 2.11. The Morgan fingerprint density at radius 1 is 1.27 bits per heavy atom. The predicted molar refractivity (Wildman–Crippen MR) is 96.2 cm³/mol. The van der Waals surface area contributed by atoms with E-state index in [0.717, 1.165) is 24.1 Å². The topological polar surface area (TPSA) is 83.9 Å². The lowest BCUT2D eigenvalue weighted by Crippen LogP contribution is -2.32. The number of aromatic nitrogens is 4. The van der Waals surface area contributed by atoms with Gasteiger partial charge in [-0.3, -0.25) is 9.59 Å². The lowest BCUT2D eigenvalue weighted by Gasteiger charge is -2.15. The summed E-state index contributed by atoms with van der Waals surface area (Å²) in [5, 5.41) is 4.33. The van der Waals surface area contributed by atoms with E-state index in [4.69, 9.17) is 0 Å². The zero-order valence-corrected chi connectivity index (χ0v) is 14.4. The van der Waals surface area contributed by atoms with Gasteiger partial charge < -0.3 is 9.88 Å². The van der Waals surface area contributed by atoms with Crippen LogP contribution in [0.15, 0.2) is 53.7 Å². The molecule has 1 amide bonds. The highest BCUT2D eigenvalue weighted by molar-refractivity contribution is 5.93. The maximum atomic E-state index is 12.6. The number of carbonyl (C=O) groups is 1. The van der Waals surface area contributed by atoms with Gasteiger partial charge in [0.25, 0.3) is 11.5 Å². The van der Waals surface area contributed by atoms with Crippen LogP contribution in [0.4, 0.5) is 0 Å². The maximum Gasteiger partial charge on any atom is 0.263 e.